The summed E-state index contributed by atoms with van der Waals surface area (Å²) in [5.41, 5.74) is 0.288. The maximum Gasteiger partial charge on any atom is 0.0533 e. The van der Waals surface area contributed by atoms with Crippen molar-refractivity contribution in [3.63, 3.8) is 0 Å². The molecule has 1 unspecified atom stereocenters. The second-order valence-electron chi connectivity index (χ2n) is 4.68. The van der Waals surface area contributed by atoms with Crippen molar-refractivity contribution in [3.05, 3.63) is 0 Å². The molecule has 1 fully saturated rings. The maximum absolute atomic E-state index is 6.12. The highest BCUT2D eigenvalue weighted by Crippen LogP contribution is 2.38. The molecule has 0 spiro atoms. The van der Waals surface area contributed by atoms with Crippen LogP contribution in [0.4, 0.5) is 0 Å². The molecule has 0 aromatic carbocycles. The molecule has 0 aliphatic carbocycles. The summed E-state index contributed by atoms with van der Waals surface area (Å²) in [4.78, 5) is 0. The van der Waals surface area contributed by atoms with Crippen molar-refractivity contribution in [3.8, 4) is 0 Å². The molecule has 1 atom stereocenters. The fourth-order valence-electron chi connectivity index (χ4n) is 2.42. The fourth-order valence-corrected chi connectivity index (χ4v) is 2.74. The first-order valence-electron chi connectivity index (χ1n) is 5.90. The van der Waals surface area contributed by atoms with Gasteiger partial charge in [0.15, 0.2) is 0 Å². The van der Waals surface area contributed by atoms with E-state index >= 15 is 0 Å². The predicted octanol–water partition coefficient (Wildman–Crippen LogP) is 3.85. The monoisotopic (exact) mass is 218 g/mol. The van der Waals surface area contributed by atoms with Crippen LogP contribution in [-0.4, -0.2) is 19.1 Å². The Kier molecular flexibility index (Phi) is 5.25. The lowest BCUT2D eigenvalue weighted by Gasteiger charge is -2.37. The molecule has 0 aromatic heterocycles. The van der Waals surface area contributed by atoms with Gasteiger partial charge in [-0.15, -0.1) is 11.6 Å². The Morgan fingerprint density at radius 2 is 2.07 bits per heavy atom. The zero-order chi connectivity index (χ0) is 10.4. The topological polar surface area (TPSA) is 9.23 Å². The third kappa shape index (κ3) is 3.13. The van der Waals surface area contributed by atoms with Crippen molar-refractivity contribution in [2.75, 3.05) is 19.1 Å². The van der Waals surface area contributed by atoms with Gasteiger partial charge in [-0.2, -0.15) is 0 Å². The predicted molar refractivity (Wildman–Crippen MR) is 61.9 cm³/mol. The molecule has 1 heterocycles. The largest absolute Gasteiger partial charge is 0.381 e. The first kappa shape index (κ1) is 12.3. The number of alkyl halides is 1. The smallest absolute Gasteiger partial charge is 0.0533 e. The summed E-state index contributed by atoms with van der Waals surface area (Å²) in [6.45, 7) is 6.37. The first-order chi connectivity index (χ1) is 6.76. The molecular weight excluding hydrogens is 196 g/mol. The average Bonchev–Trinajstić information content (AvgIpc) is 2.27. The molecule has 1 nitrogen and oxygen atoms in total. The van der Waals surface area contributed by atoms with Crippen LogP contribution >= 0.6 is 11.6 Å². The van der Waals surface area contributed by atoms with Gasteiger partial charge in [-0.3, -0.25) is 0 Å². The standard InChI is InChI=1S/C12H23ClO/c1-3-11(4-2)8-12(9-13)6-5-7-14-10-12/h11H,3-10H2,1-2H3. The van der Waals surface area contributed by atoms with Gasteiger partial charge >= 0.3 is 0 Å². The molecule has 14 heavy (non-hydrogen) atoms. The number of rotatable bonds is 5. The summed E-state index contributed by atoms with van der Waals surface area (Å²) in [6.07, 6.45) is 6.24. The van der Waals surface area contributed by atoms with Crippen LogP contribution in [0.15, 0.2) is 0 Å². The van der Waals surface area contributed by atoms with E-state index in [0.29, 0.717) is 0 Å². The lowest BCUT2D eigenvalue weighted by Crippen LogP contribution is -2.35. The van der Waals surface area contributed by atoms with E-state index < -0.39 is 0 Å². The molecular formula is C12H23ClO. The van der Waals surface area contributed by atoms with Gasteiger partial charge in [0.25, 0.3) is 0 Å². The highest BCUT2D eigenvalue weighted by molar-refractivity contribution is 6.18. The van der Waals surface area contributed by atoms with Crippen LogP contribution in [0.1, 0.15) is 46.0 Å². The van der Waals surface area contributed by atoms with Crippen LogP contribution in [0.25, 0.3) is 0 Å². The van der Waals surface area contributed by atoms with Crippen molar-refractivity contribution >= 4 is 11.6 Å². The Morgan fingerprint density at radius 3 is 2.50 bits per heavy atom. The van der Waals surface area contributed by atoms with E-state index in [1.807, 2.05) is 0 Å². The van der Waals surface area contributed by atoms with Gasteiger partial charge in [-0.05, 0) is 25.2 Å². The van der Waals surface area contributed by atoms with E-state index in [9.17, 15) is 0 Å². The van der Waals surface area contributed by atoms with Crippen molar-refractivity contribution < 1.29 is 4.74 Å². The summed E-state index contributed by atoms with van der Waals surface area (Å²) >= 11 is 6.12. The number of hydrogen-bond acceptors (Lipinski definition) is 1. The Hall–Kier alpha value is 0.250. The first-order valence-corrected chi connectivity index (χ1v) is 6.43. The minimum absolute atomic E-state index is 0.288. The summed E-state index contributed by atoms with van der Waals surface area (Å²) in [7, 11) is 0. The van der Waals surface area contributed by atoms with Crippen LogP contribution in [0.2, 0.25) is 0 Å². The van der Waals surface area contributed by atoms with E-state index in [1.165, 1.54) is 32.1 Å². The average molecular weight is 219 g/mol. The maximum atomic E-state index is 6.12. The van der Waals surface area contributed by atoms with Crippen molar-refractivity contribution in [2.24, 2.45) is 11.3 Å². The Morgan fingerprint density at radius 1 is 1.36 bits per heavy atom. The fraction of sp³-hybridized carbons (Fsp3) is 1.00. The van der Waals surface area contributed by atoms with Gasteiger partial charge in [0.1, 0.15) is 0 Å². The van der Waals surface area contributed by atoms with E-state index in [2.05, 4.69) is 13.8 Å². The van der Waals surface area contributed by atoms with Crippen molar-refractivity contribution in [1.29, 1.82) is 0 Å². The Bertz CT molecular complexity index is 148. The quantitative estimate of drug-likeness (QED) is 0.637. The Labute approximate surface area is 93.2 Å². The molecule has 1 aliphatic rings. The minimum atomic E-state index is 0.288. The SMILES string of the molecule is CCC(CC)CC1(CCl)CCCOC1. The van der Waals surface area contributed by atoms with Crippen LogP contribution in [-0.2, 0) is 4.74 Å². The van der Waals surface area contributed by atoms with Gasteiger partial charge in [0.2, 0.25) is 0 Å². The van der Waals surface area contributed by atoms with Crippen LogP contribution in [0.5, 0.6) is 0 Å². The third-order valence-corrected chi connectivity index (χ3v) is 4.13. The normalized spacial score (nSPS) is 28.3. The van der Waals surface area contributed by atoms with E-state index in [4.69, 9.17) is 16.3 Å². The third-order valence-electron chi connectivity index (χ3n) is 3.56. The molecule has 2 heteroatoms. The van der Waals surface area contributed by atoms with Crippen LogP contribution in [0.3, 0.4) is 0 Å². The van der Waals surface area contributed by atoms with Gasteiger partial charge in [-0.1, -0.05) is 26.7 Å². The van der Waals surface area contributed by atoms with E-state index in [0.717, 1.165) is 25.0 Å². The molecule has 0 N–H and O–H groups in total. The molecule has 0 radical (unpaired) electrons. The molecule has 84 valence electrons. The Balaban J connectivity index is 2.50. The lowest BCUT2D eigenvalue weighted by molar-refractivity contribution is -0.00899. The van der Waals surface area contributed by atoms with Gasteiger partial charge in [-0.25, -0.2) is 0 Å². The molecule has 0 amide bonds. The second-order valence-corrected chi connectivity index (χ2v) is 4.94. The van der Waals surface area contributed by atoms with Gasteiger partial charge in [0.05, 0.1) is 6.61 Å². The highest BCUT2D eigenvalue weighted by atomic mass is 35.5. The zero-order valence-electron chi connectivity index (χ0n) is 9.52. The highest BCUT2D eigenvalue weighted by Gasteiger charge is 2.33. The van der Waals surface area contributed by atoms with Crippen molar-refractivity contribution in [1.82, 2.24) is 0 Å². The van der Waals surface area contributed by atoms with Crippen molar-refractivity contribution in [2.45, 2.75) is 46.0 Å². The molecule has 0 saturated carbocycles. The van der Waals surface area contributed by atoms with Gasteiger partial charge in [0, 0.05) is 17.9 Å². The van der Waals surface area contributed by atoms with Gasteiger partial charge < -0.3 is 4.74 Å². The summed E-state index contributed by atoms with van der Waals surface area (Å²) in [5, 5.41) is 0. The molecule has 0 bridgehead atoms. The van der Waals surface area contributed by atoms with Crippen LogP contribution in [0, 0.1) is 11.3 Å². The second kappa shape index (κ2) is 5.97. The number of halogens is 1. The molecule has 1 rings (SSSR count). The minimum Gasteiger partial charge on any atom is -0.381 e. The number of ether oxygens (including phenoxy) is 1. The summed E-state index contributed by atoms with van der Waals surface area (Å²) in [5.74, 6) is 1.60. The van der Waals surface area contributed by atoms with E-state index in [-0.39, 0.29) is 5.41 Å². The molecule has 0 aromatic rings. The molecule has 1 saturated heterocycles. The molecule has 1 aliphatic heterocycles. The summed E-state index contributed by atoms with van der Waals surface area (Å²) < 4.78 is 5.58. The summed E-state index contributed by atoms with van der Waals surface area (Å²) in [6, 6.07) is 0. The lowest BCUT2D eigenvalue weighted by atomic mass is 9.75. The van der Waals surface area contributed by atoms with E-state index in [1.54, 1.807) is 0 Å². The number of hydrogen-bond donors (Lipinski definition) is 0. The zero-order valence-corrected chi connectivity index (χ0v) is 10.3. The van der Waals surface area contributed by atoms with Crippen LogP contribution < -0.4 is 0 Å².